The zero-order valence-corrected chi connectivity index (χ0v) is 36.6. The van der Waals surface area contributed by atoms with Gasteiger partial charge in [0.25, 0.3) is 0 Å². The molecule has 13 aromatic rings. The lowest BCUT2D eigenvalue weighted by Crippen LogP contribution is -2.07. The van der Waals surface area contributed by atoms with Crippen molar-refractivity contribution in [3.63, 3.8) is 0 Å². The number of rotatable bonds is 8. The van der Waals surface area contributed by atoms with E-state index in [1.165, 1.54) is 10.9 Å². The number of hydrogen-bond acceptors (Lipinski definition) is 5. The molecule has 68 heavy (non-hydrogen) atoms. The molecule has 0 unspecified atom stereocenters. The molecule has 4 heterocycles. The van der Waals surface area contributed by atoms with Crippen molar-refractivity contribution in [2.45, 2.75) is 0 Å². The fourth-order valence-corrected chi connectivity index (χ4v) is 9.60. The van der Waals surface area contributed by atoms with Crippen LogP contribution in [0, 0.1) is 0 Å². The van der Waals surface area contributed by atoms with Crippen molar-refractivity contribution in [2.24, 2.45) is 0 Å². The highest BCUT2D eigenvalue weighted by Gasteiger charge is 2.24. The standard InChI is InChI=1S/C61H39N7/c1-5-18-40(19-6-1)46-26-17-27-47(38-46)67-54-30-15-13-28-48(54)50-36-37-51-49-29-14-16-31-55(49)68(57(51)56(50)67)61-65-59(44-24-11-4-12-25-44)64-60(66-61)45-34-32-42(33-35-45)53-39-52(41-20-7-2-8-21-41)62-58(63-53)43-22-9-3-10-23-43/h1-39H. The van der Waals surface area contributed by atoms with Crippen molar-refractivity contribution in [1.29, 1.82) is 0 Å². The second-order valence-corrected chi connectivity index (χ2v) is 16.9. The van der Waals surface area contributed by atoms with E-state index in [0.717, 1.165) is 88.7 Å². The molecule has 0 N–H and O–H groups in total. The van der Waals surface area contributed by atoms with E-state index in [9.17, 15) is 0 Å². The highest BCUT2D eigenvalue weighted by molar-refractivity contribution is 6.23. The summed E-state index contributed by atoms with van der Waals surface area (Å²) in [6, 6.07) is 82.1. The van der Waals surface area contributed by atoms with Crippen molar-refractivity contribution < 1.29 is 0 Å². The van der Waals surface area contributed by atoms with E-state index in [4.69, 9.17) is 24.9 Å². The summed E-state index contributed by atoms with van der Waals surface area (Å²) in [5.74, 6) is 2.35. The van der Waals surface area contributed by atoms with Crippen LogP contribution in [0.5, 0.6) is 0 Å². The number of benzene rings is 9. The molecule has 0 spiro atoms. The van der Waals surface area contributed by atoms with E-state index in [0.29, 0.717) is 23.4 Å². The van der Waals surface area contributed by atoms with E-state index < -0.39 is 0 Å². The molecule has 0 aliphatic carbocycles. The van der Waals surface area contributed by atoms with E-state index in [-0.39, 0.29) is 0 Å². The molecule has 0 radical (unpaired) electrons. The molecule has 0 aliphatic rings. The second-order valence-electron chi connectivity index (χ2n) is 16.9. The summed E-state index contributed by atoms with van der Waals surface area (Å²) < 4.78 is 4.65. The number of hydrogen-bond donors (Lipinski definition) is 0. The van der Waals surface area contributed by atoms with Crippen molar-refractivity contribution in [2.75, 3.05) is 0 Å². The van der Waals surface area contributed by atoms with Gasteiger partial charge in [-0.1, -0.05) is 206 Å². The van der Waals surface area contributed by atoms with Gasteiger partial charge in [0, 0.05) is 55.0 Å². The molecule has 0 bridgehead atoms. The van der Waals surface area contributed by atoms with Gasteiger partial charge in [0.15, 0.2) is 17.5 Å². The van der Waals surface area contributed by atoms with Crippen LogP contribution in [0.3, 0.4) is 0 Å². The van der Waals surface area contributed by atoms with Gasteiger partial charge >= 0.3 is 0 Å². The Balaban J connectivity index is 1.03. The summed E-state index contributed by atoms with van der Waals surface area (Å²) in [7, 11) is 0. The normalized spacial score (nSPS) is 11.5. The summed E-state index contributed by atoms with van der Waals surface area (Å²) in [6.07, 6.45) is 0. The largest absolute Gasteiger partial charge is 0.307 e. The minimum atomic E-state index is 0.530. The van der Waals surface area contributed by atoms with Gasteiger partial charge < -0.3 is 4.57 Å². The van der Waals surface area contributed by atoms with Crippen LogP contribution in [-0.4, -0.2) is 34.1 Å². The van der Waals surface area contributed by atoms with Crippen LogP contribution < -0.4 is 0 Å². The maximum atomic E-state index is 5.40. The van der Waals surface area contributed by atoms with Crippen LogP contribution in [0.25, 0.3) is 123 Å². The molecule has 0 fully saturated rings. The molecule has 0 amide bonds. The lowest BCUT2D eigenvalue weighted by molar-refractivity contribution is 0.953. The molecular weight excluding hydrogens is 831 g/mol. The number of aromatic nitrogens is 7. The number of fused-ring (bicyclic) bond motifs is 7. The summed E-state index contributed by atoms with van der Waals surface area (Å²) in [5.41, 5.74) is 14.0. The molecule has 7 nitrogen and oxygen atoms in total. The summed E-state index contributed by atoms with van der Waals surface area (Å²) >= 11 is 0. The molecule has 0 aliphatic heterocycles. The summed E-state index contributed by atoms with van der Waals surface area (Å²) in [5, 5.41) is 4.54. The Bertz CT molecular complexity index is 3940. The maximum absolute atomic E-state index is 5.40. The maximum Gasteiger partial charge on any atom is 0.238 e. The van der Waals surface area contributed by atoms with Crippen LogP contribution in [0.15, 0.2) is 237 Å². The predicted molar refractivity (Wildman–Crippen MR) is 277 cm³/mol. The van der Waals surface area contributed by atoms with Crippen LogP contribution >= 0.6 is 0 Å². The molecule has 0 saturated heterocycles. The summed E-state index contributed by atoms with van der Waals surface area (Å²) in [6.45, 7) is 0. The first kappa shape index (κ1) is 39.1. The van der Waals surface area contributed by atoms with Gasteiger partial charge in [-0.15, -0.1) is 0 Å². The minimum Gasteiger partial charge on any atom is -0.307 e. The van der Waals surface area contributed by atoms with E-state index >= 15 is 0 Å². The average molecular weight is 870 g/mol. The van der Waals surface area contributed by atoms with Crippen molar-refractivity contribution in [3.8, 4) is 79.4 Å². The molecule has 4 aromatic heterocycles. The molecule has 7 heteroatoms. The Kier molecular flexibility index (Phi) is 9.35. The third-order valence-electron chi connectivity index (χ3n) is 12.8. The zero-order valence-electron chi connectivity index (χ0n) is 36.6. The van der Waals surface area contributed by atoms with Crippen LogP contribution in [0.4, 0.5) is 0 Å². The Hall–Kier alpha value is -9.33. The zero-order chi connectivity index (χ0) is 45.0. The molecule has 318 valence electrons. The highest BCUT2D eigenvalue weighted by atomic mass is 15.2. The lowest BCUT2D eigenvalue weighted by Gasteiger charge is -2.14. The fourth-order valence-electron chi connectivity index (χ4n) is 9.60. The van der Waals surface area contributed by atoms with Gasteiger partial charge in [-0.25, -0.2) is 15.0 Å². The van der Waals surface area contributed by atoms with E-state index in [1.54, 1.807) is 0 Å². The monoisotopic (exact) mass is 869 g/mol. The van der Waals surface area contributed by atoms with Gasteiger partial charge in [-0.2, -0.15) is 9.97 Å². The molecule has 9 aromatic carbocycles. The fraction of sp³-hybridized carbons (Fsp3) is 0. The Morgan fingerprint density at radius 3 is 1.24 bits per heavy atom. The van der Waals surface area contributed by atoms with Gasteiger partial charge in [-0.3, -0.25) is 4.57 Å². The SMILES string of the molecule is c1ccc(-c2cccc(-n3c4ccccc4c4ccc5c6ccccc6n(-c6nc(-c7ccccc7)nc(-c7ccc(-c8cc(-c9ccccc9)nc(-c9ccccc9)n8)cc7)n6)c5c43)c2)cc1. The predicted octanol–water partition coefficient (Wildman–Crippen LogP) is 14.9. The van der Waals surface area contributed by atoms with Crippen molar-refractivity contribution in [3.05, 3.63) is 237 Å². The average Bonchev–Trinajstić information content (AvgIpc) is 3.95. The number of para-hydroxylation sites is 2. The molecule has 0 saturated carbocycles. The first-order valence-electron chi connectivity index (χ1n) is 22.8. The first-order chi connectivity index (χ1) is 33.7. The van der Waals surface area contributed by atoms with E-state index in [1.807, 2.05) is 66.7 Å². The molecule has 13 rings (SSSR count). The minimum absolute atomic E-state index is 0.530. The van der Waals surface area contributed by atoms with Gasteiger partial charge in [0.2, 0.25) is 5.95 Å². The second kappa shape index (κ2) is 16.3. The Morgan fingerprint density at radius 1 is 0.250 bits per heavy atom. The van der Waals surface area contributed by atoms with E-state index in [2.05, 4.69) is 179 Å². The number of nitrogens with zero attached hydrogens (tertiary/aromatic N) is 7. The smallest absolute Gasteiger partial charge is 0.238 e. The van der Waals surface area contributed by atoms with Gasteiger partial charge in [0.1, 0.15) is 0 Å². The van der Waals surface area contributed by atoms with Crippen LogP contribution in [-0.2, 0) is 0 Å². The lowest BCUT2D eigenvalue weighted by atomic mass is 10.0. The van der Waals surface area contributed by atoms with Gasteiger partial charge in [0.05, 0.1) is 33.5 Å². The molecular formula is C61H39N7. The summed E-state index contributed by atoms with van der Waals surface area (Å²) in [4.78, 5) is 26.0. The van der Waals surface area contributed by atoms with Crippen molar-refractivity contribution >= 4 is 43.6 Å². The third kappa shape index (κ3) is 6.72. The van der Waals surface area contributed by atoms with Gasteiger partial charge in [-0.05, 0) is 41.5 Å². The van der Waals surface area contributed by atoms with Crippen LogP contribution in [0.1, 0.15) is 0 Å². The third-order valence-corrected chi connectivity index (χ3v) is 12.8. The topological polar surface area (TPSA) is 74.3 Å². The Labute approximate surface area is 392 Å². The Morgan fingerprint density at radius 2 is 0.662 bits per heavy atom. The van der Waals surface area contributed by atoms with Crippen LogP contribution in [0.2, 0.25) is 0 Å². The first-order valence-corrected chi connectivity index (χ1v) is 22.8. The highest BCUT2D eigenvalue weighted by Crippen LogP contribution is 2.42. The van der Waals surface area contributed by atoms with Crippen molar-refractivity contribution in [1.82, 2.24) is 34.1 Å². The quantitative estimate of drug-likeness (QED) is 0.152. The molecule has 0 atom stereocenters.